The number of hydrogen-bond donors (Lipinski definition) is 1. The summed E-state index contributed by atoms with van der Waals surface area (Å²) in [7, 11) is 0. The Morgan fingerprint density at radius 3 is 2.76 bits per heavy atom. The zero-order valence-corrected chi connectivity index (χ0v) is 16.1. The van der Waals surface area contributed by atoms with E-state index in [1.165, 1.54) is 23.5 Å². The number of hydrogen-bond acceptors (Lipinski definition) is 8. The molecule has 1 aliphatic rings. The first-order valence-corrected chi connectivity index (χ1v) is 9.79. The number of ether oxygens (including phenoxy) is 1. The molecule has 9 nitrogen and oxygen atoms in total. The zero-order valence-electron chi connectivity index (χ0n) is 15.3. The quantitative estimate of drug-likeness (QED) is 0.507. The number of non-ortho nitro benzene ring substituents is 1. The van der Waals surface area contributed by atoms with Gasteiger partial charge in [0.25, 0.3) is 11.6 Å². The second-order valence-corrected chi connectivity index (χ2v) is 7.12. The second-order valence-electron chi connectivity index (χ2n) is 6.26. The van der Waals surface area contributed by atoms with Crippen molar-refractivity contribution in [2.24, 2.45) is 0 Å². The average molecular weight is 411 g/mol. The number of benzene rings is 1. The van der Waals surface area contributed by atoms with Crippen molar-refractivity contribution < 1.29 is 14.5 Å². The first-order valence-electron chi connectivity index (χ1n) is 8.91. The van der Waals surface area contributed by atoms with Gasteiger partial charge in [0.1, 0.15) is 5.69 Å². The largest absolute Gasteiger partial charge is 0.378 e. The molecule has 1 amide bonds. The lowest BCUT2D eigenvalue weighted by molar-refractivity contribution is -0.384. The highest BCUT2D eigenvalue weighted by atomic mass is 32.1. The number of nitrogens with one attached hydrogen (secondary N) is 1. The van der Waals surface area contributed by atoms with Crippen LogP contribution in [0.25, 0.3) is 11.4 Å². The van der Waals surface area contributed by atoms with Crippen molar-refractivity contribution in [1.82, 2.24) is 9.97 Å². The number of carbonyl (C=O) groups excluding carboxylic acids is 1. The standard InChI is InChI=1S/C19H17N5O4S/c25-18(22-19-21-16(12-29-19)15-3-1-2-6-20-15)14-11-13(24(26)27)4-5-17(14)23-7-9-28-10-8-23/h1-6,11-12H,7-10H2,(H,21,22,25). The van der Waals surface area contributed by atoms with Gasteiger partial charge in [-0.05, 0) is 18.2 Å². The van der Waals surface area contributed by atoms with Gasteiger partial charge in [-0.2, -0.15) is 0 Å². The van der Waals surface area contributed by atoms with E-state index in [0.717, 1.165) is 0 Å². The van der Waals surface area contributed by atoms with Crippen molar-refractivity contribution in [2.75, 3.05) is 36.5 Å². The number of thiazole rings is 1. The Kier molecular flexibility index (Phi) is 5.45. The molecule has 3 heterocycles. The minimum absolute atomic E-state index is 0.138. The van der Waals surface area contributed by atoms with E-state index in [1.807, 2.05) is 23.1 Å². The maximum Gasteiger partial charge on any atom is 0.270 e. The fraction of sp³-hybridized carbons (Fsp3) is 0.211. The molecule has 1 N–H and O–H groups in total. The summed E-state index contributed by atoms with van der Waals surface area (Å²) in [6, 6.07) is 9.82. The summed E-state index contributed by atoms with van der Waals surface area (Å²) < 4.78 is 5.36. The van der Waals surface area contributed by atoms with Crippen molar-refractivity contribution in [2.45, 2.75) is 0 Å². The van der Waals surface area contributed by atoms with E-state index in [1.54, 1.807) is 17.6 Å². The van der Waals surface area contributed by atoms with E-state index >= 15 is 0 Å². The Hall–Kier alpha value is -3.37. The number of morpholine rings is 1. The normalized spacial score (nSPS) is 13.9. The van der Waals surface area contributed by atoms with Crippen LogP contribution in [0.4, 0.5) is 16.5 Å². The van der Waals surface area contributed by atoms with Crippen molar-refractivity contribution in [1.29, 1.82) is 0 Å². The van der Waals surface area contributed by atoms with Crippen LogP contribution in [-0.4, -0.2) is 47.1 Å². The monoisotopic (exact) mass is 411 g/mol. The molecule has 1 saturated heterocycles. The van der Waals surface area contributed by atoms with E-state index in [9.17, 15) is 14.9 Å². The summed E-state index contributed by atoms with van der Waals surface area (Å²) in [5, 5.41) is 16.2. The Labute approximate surface area is 170 Å². The molecule has 0 aliphatic carbocycles. The molecule has 1 fully saturated rings. The third kappa shape index (κ3) is 4.23. The number of pyridine rings is 1. The van der Waals surface area contributed by atoms with Crippen LogP contribution in [0.2, 0.25) is 0 Å². The molecule has 148 valence electrons. The molecule has 4 rings (SSSR count). The Balaban J connectivity index is 1.61. The highest BCUT2D eigenvalue weighted by Gasteiger charge is 2.23. The lowest BCUT2D eigenvalue weighted by Gasteiger charge is -2.30. The second kappa shape index (κ2) is 8.33. The average Bonchev–Trinajstić information content (AvgIpc) is 3.23. The highest BCUT2D eigenvalue weighted by Crippen LogP contribution is 2.29. The van der Waals surface area contributed by atoms with E-state index in [4.69, 9.17) is 4.74 Å². The minimum atomic E-state index is -0.511. The van der Waals surface area contributed by atoms with Crippen LogP contribution in [0, 0.1) is 10.1 Å². The third-order valence-electron chi connectivity index (χ3n) is 4.44. The number of nitrogens with zero attached hydrogens (tertiary/aromatic N) is 4. The number of rotatable bonds is 5. The fourth-order valence-corrected chi connectivity index (χ4v) is 3.73. The summed E-state index contributed by atoms with van der Waals surface area (Å²) >= 11 is 1.27. The molecule has 2 aromatic heterocycles. The van der Waals surface area contributed by atoms with Crippen molar-refractivity contribution >= 4 is 33.8 Å². The molecule has 1 aliphatic heterocycles. The first kappa shape index (κ1) is 19.0. The van der Waals surface area contributed by atoms with Gasteiger partial charge in [0.15, 0.2) is 5.13 Å². The lowest BCUT2D eigenvalue weighted by Crippen LogP contribution is -2.37. The molecule has 10 heteroatoms. The van der Waals surface area contributed by atoms with Gasteiger partial charge in [-0.25, -0.2) is 4.98 Å². The van der Waals surface area contributed by atoms with Gasteiger partial charge in [-0.1, -0.05) is 6.07 Å². The van der Waals surface area contributed by atoms with E-state index in [-0.39, 0.29) is 11.3 Å². The van der Waals surface area contributed by atoms with Crippen LogP contribution < -0.4 is 10.2 Å². The molecule has 0 radical (unpaired) electrons. The van der Waals surface area contributed by atoms with Crippen LogP contribution in [0.1, 0.15) is 10.4 Å². The molecular weight excluding hydrogens is 394 g/mol. The number of anilines is 2. The van der Waals surface area contributed by atoms with Crippen molar-refractivity contribution in [3.05, 3.63) is 63.7 Å². The Morgan fingerprint density at radius 1 is 1.21 bits per heavy atom. The molecule has 0 bridgehead atoms. The fourth-order valence-electron chi connectivity index (χ4n) is 3.03. The maximum absolute atomic E-state index is 13.0. The maximum atomic E-state index is 13.0. The molecule has 0 atom stereocenters. The van der Waals surface area contributed by atoms with Crippen LogP contribution in [0.5, 0.6) is 0 Å². The van der Waals surface area contributed by atoms with Gasteiger partial charge in [0, 0.05) is 36.8 Å². The van der Waals surface area contributed by atoms with Crippen molar-refractivity contribution in [3.8, 4) is 11.4 Å². The summed E-state index contributed by atoms with van der Waals surface area (Å²) in [4.78, 5) is 34.3. The minimum Gasteiger partial charge on any atom is -0.378 e. The molecule has 29 heavy (non-hydrogen) atoms. The van der Waals surface area contributed by atoms with Gasteiger partial charge >= 0.3 is 0 Å². The first-order chi connectivity index (χ1) is 14.1. The number of nitro benzene ring substituents is 1. The molecule has 0 saturated carbocycles. The lowest BCUT2D eigenvalue weighted by atomic mass is 10.1. The number of nitro groups is 1. The summed E-state index contributed by atoms with van der Waals surface area (Å²) in [5.74, 6) is -0.447. The van der Waals surface area contributed by atoms with Gasteiger partial charge < -0.3 is 9.64 Å². The number of amides is 1. The predicted molar refractivity (Wildman–Crippen MR) is 109 cm³/mol. The SMILES string of the molecule is O=C(Nc1nc(-c2ccccn2)cs1)c1cc([N+](=O)[O-])ccc1N1CCOCC1. The Bertz CT molecular complexity index is 1030. The smallest absolute Gasteiger partial charge is 0.270 e. The van der Waals surface area contributed by atoms with E-state index in [0.29, 0.717) is 48.5 Å². The highest BCUT2D eigenvalue weighted by molar-refractivity contribution is 7.14. The third-order valence-corrected chi connectivity index (χ3v) is 5.20. The van der Waals surface area contributed by atoms with Gasteiger partial charge in [-0.3, -0.25) is 25.2 Å². The zero-order chi connectivity index (χ0) is 20.2. The molecule has 3 aromatic rings. The summed E-state index contributed by atoms with van der Waals surface area (Å²) in [6.45, 7) is 2.30. The van der Waals surface area contributed by atoms with Gasteiger partial charge in [0.2, 0.25) is 0 Å². The van der Waals surface area contributed by atoms with Crippen LogP contribution >= 0.6 is 11.3 Å². The number of aromatic nitrogens is 2. The van der Waals surface area contributed by atoms with Gasteiger partial charge in [-0.15, -0.1) is 11.3 Å². The number of carbonyl (C=O) groups is 1. The topological polar surface area (TPSA) is 110 Å². The molecule has 1 aromatic carbocycles. The van der Waals surface area contributed by atoms with Crippen molar-refractivity contribution in [3.63, 3.8) is 0 Å². The predicted octanol–water partition coefficient (Wildman–Crippen LogP) is 3.20. The summed E-state index contributed by atoms with van der Waals surface area (Å²) in [6.07, 6.45) is 1.67. The molecule has 0 spiro atoms. The van der Waals surface area contributed by atoms with E-state index in [2.05, 4.69) is 15.3 Å². The van der Waals surface area contributed by atoms with Crippen LogP contribution in [0.3, 0.4) is 0 Å². The molecule has 0 unspecified atom stereocenters. The van der Waals surface area contributed by atoms with E-state index < -0.39 is 10.8 Å². The van der Waals surface area contributed by atoms with Crippen LogP contribution in [-0.2, 0) is 4.74 Å². The Morgan fingerprint density at radius 2 is 2.03 bits per heavy atom. The van der Waals surface area contributed by atoms with Gasteiger partial charge in [0.05, 0.1) is 35.1 Å². The molecular formula is C19H17N5O4S. The van der Waals surface area contributed by atoms with Crippen LogP contribution in [0.15, 0.2) is 48.0 Å². The summed E-state index contributed by atoms with van der Waals surface area (Å²) in [5.41, 5.74) is 2.08.